The third-order valence-electron chi connectivity index (χ3n) is 4.87. The fourth-order valence-corrected chi connectivity index (χ4v) is 3.45. The van der Waals surface area contributed by atoms with Crippen molar-refractivity contribution in [2.24, 2.45) is 0 Å². The molecule has 3 aromatic rings. The molecule has 0 spiro atoms. The third kappa shape index (κ3) is 2.96. The van der Waals surface area contributed by atoms with Gasteiger partial charge in [-0.2, -0.15) is 0 Å². The highest BCUT2D eigenvalue weighted by Crippen LogP contribution is 2.37. The normalized spacial score (nSPS) is 13.4. The highest BCUT2D eigenvalue weighted by Gasteiger charge is 2.22. The molecule has 0 fully saturated rings. The lowest BCUT2D eigenvalue weighted by Gasteiger charge is -2.31. The van der Waals surface area contributed by atoms with Crippen LogP contribution in [-0.2, 0) is 6.42 Å². The molecule has 1 aliphatic heterocycles. The van der Waals surface area contributed by atoms with E-state index in [0.717, 1.165) is 36.5 Å². The fourth-order valence-electron chi connectivity index (χ4n) is 3.45. The molecular weight excluding hydrogens is 322 g/mol. The summed E-state index contributed by atoms with van der Waals surface area (Å²) in [5.74, 6) is 1.41. The van der Waals surface area contributed by atoms with Crippen molar-refractivity contribution in [2.75, 3.05) is 22.5 Å². The second-order valence-electron chi connectivity index (χ2n) is 6.79. The van der Waals surface area contributed by atoms with Crippen molar-refractivity contribution in [1.29, 1.82) is 0 Å². The lowest BCUT2D eigenvalue weighted by molar-refractivity contribution is 0.759. The topological polar surface area (TPSA) is 67.1 Å². The number of anilines is 5. The van der Waals surface area contributed by atoms with Crippen molar-refractivity contribution >= 4 is 28.7 Å². The summed E-state index contributed by atoms with van der Waals surface area (Å²) < 4.78 is 0. The number of para-hydroxylation sites is 1. The number of hydrogen-bond donors (Lipinski definition) is 2. The van der Waals surface area contributed by atoms with Crippen LogP contribution in [0.2, 0.25) is 0 Å². The summed E-state index contributed by atoms with van der Waals surface area (Å²) in [4.78, 5) is 11.1. The molecule has 0 bridgehead atoms. The number of nitrogens with one attached hydrogen (secondary N) is 1. The van der Waals surface area contributed by atoms with Gasteiger partial charge in [-0.1, -0.05) is 30.3 Å². The minimum Gasteiger partial charge on any atom is -0.393 e. The molecule has 2 aromatic carbocycles. The van der Waals surface area contributed by atoms with E-state index in [4.69, 9.17) is 5.73 Å². The number of rotatable bonds is 3. The summed E-state index contributed by atoms with van der Waals surface area (Å²) in [5, 5.41) is 3.38. The Morgan fingerprint density at radius 1 is 1.08 bits per heavy atom. The quantitative estimate of drug-likeness (QED) is 0.731. The first-order valence-corrected chi connectivity index (χ1v) is 8.93. The van der Waals surface area contributed by atoms with Crippen molar-refractivity contribution in [2.45, 2.75) is 26.7 Å². The number of aromatic nitrogens is 2. The van der Waals surface area contributed by atoms with Gasteiger partial charge in [0.25, 0.3) is 0 Å². The number of benzene rings is 2. The predicted octanol–water partition coefficient (Wildman–Crippen LogP) is 4.50. The summed E-state index contributed by atoms with van der Waals surface area (Å²) in [7, 11) is 0. The van der Waals surface area contributed by atoms with E-state index in [1.54, 1.807) is 6.33 Å². The summed E-state index contributed by atoms with van der Waals surface area (Å²) in [6.45, 7) is 5.05. The van der Waals surface area contributed by atoms with Crippen LogP contribution < -0.4 is 16.0 Å². The number of fused-ring (bicyclic) bond motifs is 1. The SMILES string of the molecule is Cc1ccc(C)c(Nc2ncnc(N3CCCc4ccccc43)c2N)c1. The van der Waals surface area contributed by atoms with Crippen LogP contribution in [0.15, 0.2) is 48.8 Å². The van der Waals surface area contributed by atoms with Crippen LogP contribution in [0.4, 0.5) is 28.7 Å². The summed E-state index contributed by atoms with van der Waals surface area (Å²) in [6, 6.07) is 14.7. The molecule has 4 rings (SSSR count). The van der Waals surface area contributed by atoms with Gasteiger partial charge >= 0.3 is 0 Å². The van der Waals surface area contributed by atoms with Crippen LogP contribution in [-0.4, -0.2) is 16.5 Å². The van der Waals surface area contributed by atoms with Crippen LogP contribution in [0.25, 0.3) is 0 Å². The number of hydrogen-bond acceptors (Lipinski definition) is 5. The fraction of sp³-hybridized carbons (Fsp3) is 0.238. The molecule has 0 saturated carbocycles. The molecule has 3 N–H and O–H groups in total. The molecule has 0 atom stereocenters. The maximum atomic E-state index is 6.48. The average molecular weight is 345 g/mol. The molecule has 0 saturated heterocycles. The molecule has 5 heteroatoms. The maximum absolute atomic E-state index is 6.48. The number of aryl methyl sites for hydroxylation is 3. The second-order valence-corrected chi connectivity index (χ2v) is 6.79. The van der Waals surface area contributed by atoms with E-state index < -0.39 is 0 Å². The molecule has 1 aliphatic rings. The minimum atomic E-state index is 0.574. The van der Waals surface area contributed by atoms with Gasteiger partial charge in [-0.15, -0.1) is 0 Å². The summed E-state index contributed by atoms with van der Waals surface area (Å²) in [6.07, 6.45) is 3.75. The Kier molecular flexibility index (Phi) is 4.21. The molecule has 0 aliphatic carbocycles. The van der Waals surface area contributed by atoms with Gasteiger partial charge in [0.05, 0.1) is 0 Å². The Morgan fingerprint density at radius 3 is 2.81 bits per heavy atom. The molecular formula is C21H23N5. The molecule has 1 aromatic heterocycles. The second kappa shape index (κ2) is 6.67. The highest BCUT2D eigenvalue weighted by molar-refractivity contribution is 5.82. The van der Waals surface area contributed by atoms with Crippen molar-refractivity contribution in [3.8, 4) is 0 Å². The van der Waals surface area contributed by atoms with Crippen LogP contribution in [0.3, 0.4) is 0 Å². The number of nitrogens with two attached hydrogens (primary N) is 1. The van der Waals surface area contributed by atoms with Crippen molar-refractivity contribution in [3.63, 3.8) is 0 Å². The van der Waals surface area contributed by atoms with Crippen LogP contribution in [0, 0.1) is 13.8 Å². The van der Waals surface area contributed by atoms with Crippen LogP contribution in [0.5, 0.6) is 0 Å². The molecule has 0 amide bonds. The monoisotopic (exact) mass is 345 g/mol. The Morgan fingerprint density at radius 2 is 1.92 bits per heavy atom. The van der Waals surface area contributed by atoms with Gasteiger partial charge in [0.2, 0.25) is 0 Å². The van der Waals surface area contributed by atoms with E-state index >= 15 is 0 Å². The molecule has 0 radical (unpaired) electrons. The van der Waals surface area contributed by atoms with Crippen molar-refractivity contribution in [1.82, 2.24) is 9.97 Å². The average Bonchev–Trinajstić information content (AvgIpc) is 2.66. The zero-order chi connectivity index (χ0) is 18.1. The zero-order valence-corrected chi connectivity index (χ0v) is 15.2. The van der Waals surface area contributed by atoms with Crippen molar-refractivity contribution in [3.05, 3.63) is 65.5 Å². The lowest BCUT2D eigenvalue weighted by atomic mass is 10.0. The van der Waals surface area contributed by atoms with Gasteiger partial charge in [-0.05, 0) is 55.5 Å². The van der Waals surface area contributed by atoms with Gasteiger partial charge in [0, 0.05) is 17.9 Å². The van der Waals surface area contributed by atoms with E-state index in [9.17, 15) is 0 Å². The summed E-state index contributed by atoms with van der Waals surface area (Å²) in [5.41, 5.74) is 12.9. The standard InChI is InChI=1S/C21H23N5/c1-14-9-10-15(2)17(12-14)25-20-19(22)21(24-13-23-20)26-11-5-7-16-6-3-4-8-18(16)26/h3-4,6,8-10,12-13H,5,7,11,22H2,1-2H3,(H,23,24,25). The number of nitrogen functional groups attached to an aromatic ring is 1. The van der Waals surface area contributed by atoms with Crippen LogP contribution >= 0.6 is 0 Å². The molecule has 0 unspecified atom stereocenters. The van der Waals surface area contributed by atoms with E-state index in [1.807, 2.05) is 0 Å². The first-order valence-electron chi connectivity index (χ1n) is 8.93. The Bertz CT molecular complexity index is 951. The Labute approximate surface area is 153 Å². The molecule has 2 heterocycles. The lowest BCUT2D eigenvalue weighted by Crippen LogP contribution is -2.26. The smallest absolute Gasteiger partial charge is 0.161 e. The molecule has 5 nitrogen and oxygen atoms in total. The molecule has 26 heavy (non-hydrogen) atoms. The largest absolute Gasteiger partial charge is 0.393 e. The third-order valence-corrected chi connectivity index (χ3v) is 4.87. The maximum Gasteiger partial charge on any atom is 0.161 e. The van der Waals surface area contributed by atoms with Crippen molar-refractivity contribution < 1.29 is 0 Å². The predicted molar refractivity (Wildman–Crippen MR) is 107 cm³/mol. The Hall–Kier alpha value is -3.08. The first-order chi connectivity index (χ1) is 12.6. The Balaban J connectivity index is 1.72. The summed E-state index contributed by atoms with van der Waals surface area (Å²) >= 11 is 0. The minimum absolute atomic E-state index is 0.574. The van der Waals surface area contributed by atoms with E-state index in [0.29, 0.717) is 11.5 Å². The van der Waals surface area contributed by atoms with Crippen LogP contribution in [0.1, 0.15) is 23.1 Å². The van der Waals surface area contributed by atoms with E-state index in [1.165, 1.54) is 16.8 Å². The number of nitrogens with zero attached hydrogens (tertiary/aromatic N) is 3. The van der Waals surface area contributed by atoms with Gasteiger partial charge in [-0.25, -0.2) is 9.97 Å². The van der Waals surface area contributed by atoms with E-state index in [2.05, 4.69) is 76.5 Å². The van der Waals surface area contributed by atoms with E-state index in [-0.39, 0.29) is 0 Å². The van der Waals surface area contributed by atoms with Gasteiger partial charge in [0.15, 0.2) is 11.6 Å². The van der Waals surface area contributed by atoms with Gasteiger partial charge in [0.1, 0.15) is 12.0 Å². The first kappa shape index (κ1) is 16.4. The zero-order valence-electron chi connectivity index (χ0n) is 15.2. The van der Waals surface area contributed by atoms with Gasteiger partial charge in [-0.3, -0.25) is 0 Å². The van der Waals surface area contributed by atoms with Gasteiger partial charge < -0.3 is 16.0 Å². The highest BCUT2D eigenvalue weighted by atomic mass is 15.2. The molecule has 132 valence electrons.